The molecule has 4 fully saturated rings. The summed E-state index contributed by atoms with van der Waals surface area (Å²) in [5, 5.41) is 1.29. The Kier molecular flexibility index (Phi) is 5.29. The van der Waals surface area contributed by atoms with E-state index in [4.69, 9.17) is 25.8 Å². The quantitative estimate of drug-likeness (QED) is 0.630. The first-order valence-corrected chi connectivity index (χ1v) is 12.6. The first-order chi connectivity index (χ1) is 15.7. The Morgan fingerprint density at radius 2 is 1.85 bits per heavy atom. The Labute approximate surface area is 200 Å². The fraction of sp³-hybridized carbons (Fsp3) is 0.750. The summed E-state index contributed by atoms with van der Waals surface area (Å²) in [7, 11) is 2.23. The minimum Gasteiger partial charge on any atom is -0.348 e. The lowest BCUT2D eigenvalue weighted by Gasteiger charge is -2.45. The van der Waals surface area contributed by atoms with Gasteiger partial charge in [0.05, 0.1) is 5.39 Å². The molecule has 9 heteroatoms. The van der Waals surface area contributed by atoms with Crippen molar-refractivity contribution in [2.75, 3.05) is 33.2 Å². The van der Waals surface area contributed by atoms with E-state index in [9.17, 15) is 0 Å². The van der Waals surface area contributed by atoms with Gasteiger partial charge in [-0.2, -0.15) is 0 Å². The van der Waals surface area contributed by atoms with Gasteiger partial charge >= 0.3 is 0 Å². The van der Waals surface area contributed by atoms with Crippen LogP contribution in [-0.4, -0.2) is 87.2 Å². The highest BCUT2D eigenvalue weighted by molar-refractivity contribution is 6.33. The van der Waals surface area contributed by atoms with Crippen molar-refractivity contribution in [3.05, 3.63) is 23.2 Å². The van der Waals surface area contributed by atoms with Crippen molar-refractivity contribution in [3.63, 3.8) is 0 Å². The molecule has 0 bridgehead atoms. The normalized spacial score (nSPS) is 34.0. The van der Waals surface area contributed by atoms with Gasteiger partial charge < -0.3 is 23.7 Å². The molecule has 0 radical (unpaired) electrons. The largest absolute Gasteiger partial charge is 0.348 e. The Balaban J connectivity index is 1.30. The molecule has 33 heavy (non-hydrogen) atoms. The van der Waals surface area contributed by atoms with Gasteiger partial charge in [0.2, 0.25) is 0 Å². The summed E-state index contributed by atoms with van der Waals surface area (Å²) in [5.41, 5.74) is 1.08. The first-order valence-electron chi connectivity index (χ1n) is 12.2. The van der Waals surface area contributed by atoms with Crippen LogP contribution in [0.2, 0.25) is 5.15 Å². The molecule has 4 aliphatic heterocycles. The zero-order valence-corrected chi connectivity index (χ0v) is 20.7. The lowest BCUT2D eigenvalue weighted by Crippen LogP contribution is -2.54. The van der Waals surface area contributed by atoms with Gasteiger partial charge in [0.25, 0.3) is 0 Å². The van der Waals surface area contributed by atoms with Gasteiger partial charge in [-0.3, -0.25) is 4.90 Å². The molecule has 1 spiro atoms. The van der Waals surface area contributed by atoms with Gasteiger partial charge in [-0.15, -0.1) is 0 Å². The van der Waals surface area contributed by atoms with E-state index in [1.165, 1.54) is 38.8 Å². The highest BCUT2D eigenvalue weighted by Crippen LogP contribution is 2.46. The van der Waals surface area contributed by atoms with Crippen LogP contribution < -0.4 is 0 Å². The lowest BCUT2D eigenvalue weighted by atomic mass is 9.85. The molecule has 4 atom stereocenters. The number of hydrogen-bond donors (Lipinski definition) is 0. The van der Waals surface area contributed by atoms with Crippen LogP contribution in [0.5, 0.6) is 0 Å². The fourth-order valence-corrected chi connectivity index (χ4v) is 6.70. The number of hydrogen-bond acceptors (Lipinski definition) is 7. The van der Waals surface area contributed by atoms with E-state index in [1.807, 2.05) is 37.6 Å². The third kappa shape index (κ3) is 3.70. The van der Waals surface area contributed by atoms with Gasteiger partial charge in [0, 0.05) is 18.3 Å². The SMILES string of the molecule is Cc1nc(Cl)c2ccn([C@@H]3O[C@H](CN4CCCC45CCN(C)CC5)[C@H]4OC(C)(C)O[C@H]43)c2n1. The first kappa shape index (κ1) is 22.2. The molecule has 0 aromatic carbocycles. The van der Waals surface area contributed by atoms with Crippen molar-refractivity contribution in [1.29, 1.82) is 0 Å². The molecule has 8 nitrogen and oxygen atoms in total. The molecule has 0 amide bonds. The zero-order valence-electron chi connectivity index (χ0n) is 20.0. The third-order valence-corrected chi connectivity index (χ3v) is 8.38. The second-order valence-electron chi connectivity index (χ2n) is 10.7. The molecule has 4 aliphatic rings. The minimum absolute atomic E-state index is 0.0627. The second kappa shape index (κ2) is 7.86. The Bertz CT molecular complexity index is 1050. The molecule has 6 heterocycles. The zero-order chi connectivity index (χ0) is 23.0. The van der Waals surface area contributed by atoms with Crippen LogP contribution in [0.25, 0.3) is 11.0 Å². The molecular weight excluding hydrogens is 442 g/mol. The van der Waals surface area contributed by atoms with Gasteiger partial charge in [-0.25, -0.2) is 9.97 Å². The maximum absolute atomic E-state index is 6.73. The number of nitrogens with zero attached hydrogens (tertiary/aromatic N) is 5. The average molecular weight is 476 g/mol. The lowest BCUT2D eigenvalue weighted by molar-refractivity contribution is -0.199. The van der Waals surface area contributed by atoms with Crippen molar-refractivity contribution in [2.24, 2.45) is 0 Å². The van der Waals surface area contributed by atoms with E-state index in [0.29, 0.717) is 16.5 Å². The molecular formula is C24H34ClN5O3. The van der Waals surface area contributed by atoms with E-state index in [1.54, 1.807) is 0 Å². The number of piperidine rings is 1. The summed E-state index contributed by atoms with van der Waals surface area (Å²) < 4.78 is 21.6. The molecule has 2 aromatic rings. The highest BCUT2D eigenvalue weighted by Gasteiger charge is 2.57. The fourth-order valence-electron chi connectivity index (χ4n) is 6.43. The van der Waals surface area contributed by atoms with Crippen LogP contribution in [0, 0.1) is 6.92 Å². The van der Waals surface area contributed by atoms with Gasteiger partial charge in [-0.05, 0) is 79.2 Å². The number of rotatable bonds is 3. The number of fused-ring (bicyclic) bond motifs is 2. The van der Waals surface area contributed by atoms with E-state index in [0.717, 1.165) is 24.1 Å². The Hall–Kier alpha value is -1.29. The summed E-state index contributed by atoms with van der Waals surface area (Å²) in [6.45, 7) is 10.2. The maximum Gasteiger partial charge on any atom is 0.164 e. The van der Waals surface area contributed by atoms with Crippen LogP contribution in [0.15, 0.2) is 12.3 Å². The van der Waals surface area contributed by atoms with E-state index >= 15 is 0 Å². The topological polar surface area (TPSA) is 64.9 Å². The van der Waals surface area contributed by atoms with Crippen molar-refractivity contribution >= 4 is 22.6 Å². The number of aryl methyl sites for hydroxylation is 1. The minimum atomic E-state index is -0.642. The summed E-state index contributed by atoms with van der Waals surface area (Å²) in [5.74, 6) is 0.000848. The number of likely N-dealkylation sites (tertiary alicyclic amines) is 2. The smallest absolute Gasteiger partial charge is 0.164 e. The number of aromatic nitrogens is 3. The molecule has 0 N–H and O–H groups in total. The molecule has 6 rings (SSSR count). The Morgan fingerprint density at radius 3 is 2.64 bits per heavy atom. The maximum atomic E-state index is 6.73. The second-order valence-corrected chi connectivity index (χ2v) is 11.1. The van der Waals surface area contributed by atoms with Crippen LogP contribution >= 0.6 is 11.6 Å². The van der Waals surface area contributed by atoms with Gasteiger partial charge in [-0.1, -0.05) is 11.6 Å². The third-order valence-electron chi connectivity index (χ3n) is 8.10. The van der Waals surface area contributed by atoms with E-state index in [-0.39, 0.29) is 24.5 Å². The van der Waals surface area contributed by atoms with Crippen LogP contribution in [-0.2, 0) is 14.2 Å². The molecule has 4 saturated heterocycles. The van der Waals surface area contributed by atoms with Crippen LogP contribution in [0.4, 0.5) is 0 Å². The highest BCUT2D eigenvalue weighted by atomic mass is 35.5. The van der Waals surface area contributed by atoms with Crippen molar-refractivity contribution in [1.82, 2.24) is 24.3 Å². The predicted octanol–water partition coefficient (Wildman–Crippen LogP) is 3.37. The van der Waals surface area contributed by atoms with Crippen LogP contribution in [0.3, 0.4) is 0 Å². The molecule has 180 valence electrons. The van der Waals surface area contributed by atoms with Crippen molar-refractivity contribution in [2.45, 2.75) is 82.3 Å². The number of ether oxygens (including phenoxy) is 3. The summed E-state index contributed by atoms with van der Waals surface area (Å²) >= 11 is 6.40. The summed E-state index contributed by atoms with van der Waals surface area (Å²) in [6.07, 6.45) is 6.28. The predicted molar refractivity (Wildman–Crippen MR) is 125 cm³/mol. The standard InChI is InChI=1S/C24H34ClN5O3/c1-15-26-20(25)16-6-11-30(21(16)27-15)22-19-18(32-23(2,3)33-19)17(31-22)14-29-10-5-7-24(29)8-12-28(4)13-9-24/h6,11,17-19,22H,5,7-10,12-14H2,1-4H3/t17-,18-,19-,22-/m1/s1. The number of halogens is 1. The average Bonchev–Trinajstić information content (AvgIpc) is 3.48. The van der Waals surface area contributed by atoms with Gasteiger partial charge in [0.1, 0.15) is 34.9 Å². The molecule has 2 aromatic heterocycles. The molecule has 0 unspecified atom stereocenters. The summed E-state index contributed by atoms with van der Waals surface area (Å²) in [6, 6.07) is 1.96. The van der Waals surface area contributed by atoms with Gasteiger partial charge in [0.15, 0.2) is 12.0 Å². The monoisotopic (exact) mass is 475 g/mol. The summed E-state index contributed by atoms with van der Waals surface area (Å²) in [4.78, 5) is 14.1. The van der Waals surface area contributed by atoms with E-state index < -0.39 is 5.79 Å². The van der Waals surface area contributed by atoms with Crippen molar-refractivity contribution < 1.29 is 14.2 Å². The Morgan fingerprint density at radius 1 is 1.09 bits per heavy atom. The molecule has 0 saturated carbocycles. The van der Waals surface area contributed by atoms with Crippen molar-refractivity contribution in [3.8, 4) is 0 Å². The van der Waals surface area contributed by atoms with E-state index in [2.05, 4.69) is 26.8 Å². The van der Waals surface area contributed by atoms with Crippen LogP contribution in [0.1, 0.15) is 51.6 Å². The molecule has 0 aliphatic carbocycles.